The van der Waals surface area contributed by atoms with Gasteiger partial charge in [-0.3, -0.25) is 0 Å². The van der Waals surface area contributed by atoms with Crippen molar-refractivity contribution in [3.63, 3.8) is 0 Å². The summed E-state index contributed by atoms with van der Waals surface area (Å²) in [4.78, 5) is 2.19. The summed E-state index contributed by atoms with van der Waals surface area (Å²) in [6.07, 6.45) is 0.705. The van der Waals surface area contributed by atoms with Crippen LogP contribution in [0.2, 0.25) is 0 Å². The monoisotopic (exact) mass is 204 g/mol. The van der Waals surface area contributed by atoms with Gasteiger partial charge in [-0.25, -0.2) is 8.78 Å². The normalized spacial score (nSPS) is 39.9. The Hall–Kier alpha value is -0.220. The van der Waals surface area contributed by atoms with Crippen molar-refractivity contribution in [3.8, 4) is 0 Å². The van der Waals surface area contributed by atoms with Gasteiger partial charge in [-0.1, -0.05) is 0 Å². The molecule has 82 valence electrons. The number of nitrogens with zero attached hydrogens (tertiary/aromatic N) is 1. The maximum Gasteiger partial charge on any atom is 0.254 e. The molecule has 2 fully saturated rings. The summed E-state index contributed by atoms with van der Waals surface area (Å²) < 4.78 is 25.6. The van der Waals surface area contributed by atoms with Crippen LogP contribution in [0.4, 0.5) is 8.78 Å². The lowest BCUT2D eigenvalue weighted by molar-refractivity contribution is 0.00893. The lowest BCUT2D eigenvalue weighted by atomic mass is 9.74. The van der Waals surface area contributed by atoms with E-state index in [2.05, 4.69) is 10.2 Å². The highest BCUT2D eigenvalue weighted by atomic mass is 19.3. The van der Waals surface area contributed by atoms with Gasteiger partial charge in [-0.05, 0) is 39.4 Å². The van der Waals surface area contributed by atoms with Gasteiger partial charge in [0.05, 0.1) is 6.04 Å². The molecule has 0 saturated carbocycles. The van der Waals surface area contributed by atoms with Gasteiger partial charge in [-0.2, -0.15) is 0 Å². The molecule has 2 nitrogen and oxygen atoms in total. The second-order valence-electron chi connectivity index (χ2n) is 4.72. The Bertz CT molecular complexity index is 210. The number of nitrogens with one attached hydrogen (secondary N) is 1. The van der Waals surface area contributed by atoms with Gasteiger partial charge < -0.3 is 10.2 Å². The van der Waals surface area contributed by atoms with Crippen molar-refractivity contribution in [3.05, 3.63) is 0 Å². The van der Waals surface area contributed by atoms with E-state index in [1.165, 1.54) is 0 Å². The fourth-order valence-corrected chi connectivity index (χ4v) is 3.06. The molecule has 4 heteroatoms. The van der Waals surface area contributed by atoms with Crippen LogP contribution in [0.15, 0.2) is 0 Å². The summed E-state index contributed by atoms with van der Waals surface area (Å²) in [5.41, 5.74) is -0.152. The zero-order valence-corrected chi connectivity index (χ0v) is 8.60. The molecule has 2 saturated heterocycles. The molecule has 0 radical (unpaired) electrons. The van der Waals surface area contributed by atoms with Crippen molar-refractivity contribution >= 4 is 0 Å². The molecule has 2 atom stereocenters. The van der Waals surface area contributed by atoms with Crippen LogP contribution in [0.5, 0.6) is 0 Å². The zero-order chi connectivity index (χ0) is 10.2. The zero-order valence-electron chi connectivity index (χ0n) is 8.60. The van der Waals surface area contributed by atoms with Crippen molar-refractivity contribution < 1.29 is 8.78 Å². The lowest BCUT2D eigenvalue weighted by Gasteiger charge is -2.42. The first-order chi connectivity index (χ1) is 6.64. The molecule has 1 N–H and O–H groups in total. The third-order valence-corrected chi connectivity index (χ3v) is 3.70. The van der Waals surface area contributed by atoms with Crippen molar-refractivity contribution in [2.24, 2.45) is 5.41 Å². The Morgan fingerprint density at radius 1 is 1.43 bits per heavy atom. The SMILES string of the molecule is CN1CCCC2(CCNC2C(F)F)C1. The first-order valence-electron chi connectivity index (χ1n) is 5.34. The Balaban J connectivity index is 2.12. The summed E-state index contributed by atoms with van der Waals surface area (Å²) in [6, 6.07) is -0.578. The Kier molecular flexibility index (Phi) is 2.75. The van der Waals surface area contributed by atoms with E-state index < -0.39 is 12.5 Å². The van der Waals surface area contributed by atoms with Gasteiger partial charge in [0, 0.05) is 12.0 Å². The van der Waals surface area contributed by atoms with E-state index in [4.69, 9.17) is 0 Å². The van der Waals surface area contributed by atoms with Crippen LogP contribution >= 0.6 is 0 Å². The smallest absolute Gasteiger partial charge is 0.254 e. The summed E-state index contributed by atoms with van der Waals surface area (Å²) in [6.45, 7) is 2.63. The number of rotatable bonds is 1. The highest BCUT2D eigenvalue weighted by molar-refractivity contribution is 5.01. The molecule has 1 spiro atoms. The van der Waals surface area contributed by atoms with E-state index in [1.807, 2.05) is 7.05 Å². The topological polar surface area (TPSA) is 15.3 Å². The summed E-state index contributed by atoms with van der Waals surface area (Å²) >= 11 is 0. The number of hydrogen-bond acceptors (Lipinski definition) is 2. The summed E-state index contributed by atoms with van der Waals surface area (Å²) in [7, 11) is 2.03. The van der Waals surface area contributed by atoms with Crippen molar-refractivity contribution in [1.29, 1.82) is 0 Å². The average molecular weight is 204 g/mol. The molecule has 0 aliphatic carbocycles. The van der Waals surface area contributed by atoms with Crippen LogP contribution in [0.3, 0.4) is 0 Å². The van der Waals surface area contributed by atoms with Crippen molar-refractivity contribution in [2.75, 3.05) is 26.7 Å². The van der Waals surface area contributed by atoms with Crippen LogP contribution in [0.1, 0.15) is 19.3 Å². The standard InChI is InChI=1S/C10H18F2N2/c1-14-6-2-3-10(7-14)4-5-13-8(10)9(11)12/h8-9,13H,2-7H2,1H3. The number of piperidine rings is 1. The Morgan fingerprint density at radius 2 is 2.21 bits per heavy atom. The van der Waals surface area contributed by atoms with Crippen LogP contribution in [0, 0.1) is 5.41 Å². The van der Waals surface area contributed by atoms with Crippen LogP contribution in [-0.2, 0) is 0 Å². The number of hydrogen-bond donors (Lipinski definition) is 1. The minimum absolute atomic E-state index is 0.152. The van der Waals surface area contributed by atoms with Crippen molar-refractivity contribution in [1.82, 2.24) is 10.2 Å². The highest BCUT2D eigenvalue weighted by Gasteiger charge is 2.48. The number of halogens is 2. The fourth-order valence-electron chi connectivity index (χ4n) is 3.06. The molecule has 0 aromatic carbocycles. The van der Waals surface area contributed by atoms with Gasteiger partial charge in [0.25, 0.3) is 6.43 Å². The minimum Gasteiger partial charge on any atom is -0.308 e. The largest absolute Gasteiger partial charge is 0.308 e. The first-order valence-corrected chi connectivity index (χ1v) is 5.34. The fraction of sp³-hybridized carbons (Fsp3) is 1.00. The Morgan fingerprint density at radius 3 is 2.86 bits per heavy atom. The minimum atomic E-state index is -2.22. The first kappa shape index (κ1) is 10.3. The van der Waals surface area contributed by atoms with E-state index in [0.29, 0.717) is 0 Å². The van der Waals surface area contributed by atoms with E-state index in [9.17, 15) is 8.78 Å². The molecule has 2 rings (SSSR count). The van der Waals surface area contributed by atoms with E-state index in [1.54, 1.807) is 0 Å². The van der Waals surface area contributed by atoms with Crippen LogP contribution in [0.25, 0.3) is 0 Å². The Labute approximate surface area is 83.7 Å². The number of likely N-dealkylation sites (tertiary alicyclic amines) is 1. The quantitative estimate of drug-likeness (QED) is 0.693. The predicted octanol–water partition coefficient (Wildman–Crippen LogP) is 1.33. The van der Waals surface area contributed by atoms with Gasteiger partial charge in [0.15, 0.2) is 0 Å². The second-order valence-corrected chi connectivity index (χ2v) is 4.72. The summed E-state index contributed by atoms with van der Waals surface area (Å²) in [5.74, 6) is 0. The highest BCUT2D eigenvalue weighted by Crippen LogP contribution is 2.41. The van der Waals surface area contributed by atoms with Crippen LogP contribution in [-0.4, -0.2) is 44.0 Å². The molecule has 2 heterocycles. The van der Waals surface area contributed by atoms with E-state index in [-0.39, 0.29) is 5.41 Å². The molecule has 0 bridgehead atoms. The van der Waals surface area contributed by atoms with Gasteiger partial charge in [0.2, 0.25) is 0 Å². The molecular formula is C10H18F2N2. The third-order valence-electron chi connectivity index (χ3n) is 3.70. The average Bonchev–Trinajstić information content (AvgIpc) is 2.48. The maximum atomic E-state index is 12.8. The van der Waals surface area contributed by atoms with Gasteiger partial charge in [-0.15, -0.1) is 0 Å². The predicted molar refractivity (Wildman–Crippen MR) is 51.6 cm³/mol. The number of alkyl halides is 2. The molecule has 14 heavy (non-hydrogen) atoms. The molecular weight excluding hydrogens is 186 g/mol. The van der Waals surface area contributed by atoms with Gasteiger partial charge in [0.1, 0.15) is 0 Å². The molecule has 0 aromatic heterocycles. The molecule has 0 aromatic rings. The van der Waals surface area contributed by atoms with Crippen LogP contribution < -0.4 is 5.32 Å². The van der Waals surface area contributed by atoms with E-state index >= 15 is 0 Å². The molecule has 2 aliphatic heterocycles. The van der Waals surface area contributed by atoms with Crippen molar-refractivity contribution in [2.45, 2.75) is 31.7 Å². The lowest BCUT2D eigenvalue weighted by Crippen LogP contribution is -2.51. The summed E-state index contributed by atoms with van der Waals surface area (Å²) in [5, 5.41) is 2.96. The molecule has 0 amide bonds. The van der Waals surface area contributed by atoms with Gasteiger partial charge >= 0.3 is 0 Å². The maximum absolute atomic E-state index is 12.8. The second kappa shape index (κ2) is 3.74. The van der Waals surface area contributed by atoms with E-state index in [0.717, 1.165) is 38.9 Å². The molecule has 2 aliphatic rings. The molecule has 2 unspecified atom stereocenters. The third kappa shape index (κ3) is 1.65.